The fourth-order valence-corrected chi connectivity index (χ4v) is 4.51. The Hall–Kier alpha value is -0.0800. The lowest BCUT2D eigenvalue weighted by Crippen LogP contribution is -2.47. The highest BCUT2D eigenvalue weighted by molar-refractivity contribution is 4.88. The van der Waals surface area contributed by atoms with Crippen molar-refractivity contribution in [3.05, 3.63) is 0 Å². The van der Waals surface area contributed by atoms with Crippen LogP contribution in [0.5, 0.6) is 0 Å². The molecule has 0 radical (unpaired) electrons. The van der Waals surface area contributed by atoms with Crippen LogP contribution in [0.4, 0.5) is 0 Å². The first-order valence-electron chi connectivity index (χ1n) is 9.58. The molecule has 0 spiro atoms. The number of hydrogen-bond acceptors (Lipinski definition) is 2. The first-order chi connectivity index (χ1) is 10.2. The predicted octanol–water partition coefficient (Wildman–Crippen LogP) is 4.30. The monoisotopic (exact) mass is 294 g/mol. The third-order valence-electron chi connectivity index (χ3n) is 6.05. The maximum atomic E-state index is 3.68. The number of nitrogens with zero attached hydrogens (tertiary/aromatic N) is 1. The fourth-order valence-electron chi connectivity index (χ4n) is 4.51. The van der Waals surface area contributed by atoms with Gasteiger partial charge in [-0.3, -0.25) is 0 Å². The molecule has 2 heteroatoms. The fraction of sp³-hybridized carbons (Fsp3) is 1.00. The first kappa shape index (κ1) is 17.3. The molecule has 0 aromatic carbocycles. The molecule has 0 bridgehead atoms. The van der Waals surface area contributed by atoms with Crippen LogP contribution in [0, 0.1) is 17.3 Å². The topological polar surface area (TPSA) is 15.3 Å². The van der Waals surface area contributed by atoms with E-state index in [0.717, 1.165) is 18.4 Å². The Bertz CT molecular complexity index is 271. The molecule has 2 aliphatic rings. The summed E-state index contributed by atoms with van der Waals surface area (Å²) in [6.45, 7) is 13.5. The van der Waals surface area contributed by atoms with Crippen molar-refractivity contribution in [1.82, 2.24) is 10.2 Å². The molecule has 0 aromatic rings. The Kier molecular flexibility index (Phi) is 7.01. The Labute approximate surface area is 133 Å². The summed E-state index contributed by atoms with van der Waals surface area (Å²) in [7, 11) is 0. The first-order valence-corrected chi connectivity index (χ1v) is 9.58. The number of rotatable bonds is 6. The summed E-state index contributed by atoms with van der Waals surface area (Å²) >= 11 is 0. The van der Waals surface area contributed by atoms with Gasteiger partial charge in [-0.2, -0.15) is 0 Å². The van der Waals surface area contributed by atoms with Crippen molar-refractivity contribution in [1.29, 1.82) is 0 Å². The van der Waals surface area contributed by atoms with Crippen LogP contribution in [-0.4, -0.2) is 37.6 Å². The predicted molar refractivity (Wildman–Crippen MR) is 92.7 cm³/mol. The van der Waals surface area contributed by atoms with Gasteiger partial charge >= 0.3 is 0 Å². The molecular weight excluding hydrogens is 256 g/mol. The van der Waals surface area contributed by atoms with Crippen molar-refractivity contribution in [2.45, 2.75) is 72.1 Å². The van der Waals surface area contributed by atoms with E-state index >= 15 is 0 Å². The van der Waals surface area contributed by atoms with Crippen molar-refractivity contribution < 1.29 is 0 Å². The summed E-state index contributed by atoms with van der Waals surface area (Å²) < 4.78 is 0. The quantitative estimate of drug-likeness (QED) is 0.735. The lowest BCUT2D eigenvalue weighted by atomic mass is 9.78. The van der Waals surface area contributed by atoms with Crippen molar-refractivity contribution in [2.75, 3.05) is 32.7 Å². The van der Waals surface area contributed by atoms with Crippen molar-refractivity contribution in [3.8, 4) is 0 Å². The minimum Gasteiger partial charge on any atom is -0.316 e. The van der Waals surface area contributed by atoms with E-state index in [1.165, 1.54) is 77.5 Å². The van der Waals surface area contributed by atoms with Crippen LogP contribution in [0.3, 0.4) is 0 Å². The second-order valence-electron chi connectivity index (χ2n) is 8.05. The maximum Gasteiger partial charge on any atom is 0.00501 e. The van der Waals surface area contributed by atoms with E-state index in [1.807, 2.05) is 0 Å². The molecule has 2 rings (SSSR count). The normalized spacial score (nSPS) is 25.1. The van der Waals surface area contributed by atoms with Crippen LogP contribution in [0.25, 0.3) is 0 Å². The number of piperidine rings is 1. The minimum absolute atomic E-state index is 0.567. The van der Waals surface area contributed by atoms with E-state index < -0.39 is 0 Å². The van der Waals surface area contributed by atoms with Crippen LogP contribution in [0.2, 0.25) is 0 Å². The van der Waals surface area contributed by atoms with Gasteiger partial charge in [0.15, 0.2) is 0 Å². The van der Waals surface area contributed by atoms with Gasteiger partial charge < -0.3 is 10.2 Å². The second kappa shape index (κ2) is 8.53. The highest BCUT2D eigenvalue weighted by atomic mass is 15.1. The average Bonchev–Trinajstić information content (AvgIpc) is 2.72. The lowest BCUT2D eigenvalue weighted by Gasteiger charge is -2.42. The van der Waals surface area contributed by atoms with Gasteiger partial charge in [0.25, 0.3) is 0 Å². The van der Waals surface area contributed by atoms with Gasteiger partial charge in [-0.15, -0.1) is 0 Å². The van der Waals surface area contributed by atoms with Gasteiger partial charge in [0, 0.05) is 13.1 Å². The molecule has 0 amide bonds. The smallest absolute Gasteiger partial charge is 0.00501 e. The SMILES string of the molecule is CCNCC1(CN2CCC(C(C)C)CC2)CCCCCC1. The molecular formula is C19H38N2. The van der Waals surface area contributed by atoms with E-state index in [1.54, 1.807) is 0 Å². The molecule has 124 valence electrons. The van der Waals surface area contributed by atoms with Gasteiger partial charge in [-0.05, 0) is 62.6 Å². The van der Waals surface area contributed by atoms with Crippen molar-refractivity contribution in [2.24, 2.45) is 17.3 Å². The van der Waals surface area contributed by atoms with Crippen LogP contribution >= 0.6 is 0 Å². The Morgan fingerprint density at radius 2 is 1.67 bits per heavy atom. The molecule has 21 heavy (non-hydrogen) atoms. The standard InChI is InChI=1S/C19H38N2/c1-4-20-15-19(11-7-5-6-8-12-19)16-21-13-9-18(10-14-21)17(2)3/h17-18,20H,4-16H2,1-3H3. The number of nitrogens with one attached hydrogen (secondary N) is 1. The highest BCUT2D eigenvalue weighted by Gasteiger charge is 2.34. The Balaban J connectivity index is 1.89. The van der Waals surface area contributed by atoms with Crippen LogP contribution in [0.1, 0.15) is 72.1 Å². The third kappa shape index (κ3) is 5.25. The summed E-state index contributed by atoms with van der Waals surface area (Å²) in [5.74, 6) is 1.85. The summed E-state index contributed by atoms with van der Waals surface area (Å²) in [6, 6.07) is 0. The Morgan fingerprint density at radius 1 is 1.05 bits per heavy atom. The molecule has 1 aliphatic carbocycles. The number of hydrogen-bond donors (Lipinski definition) is 1. The molecule has 0 unspecified atom stereocenters. The average molecular weight is 295 g/mol. The van der Waals surface area contributed by atoms with Crippen molar-refractivity contribution >= 4 is 0 Å². The molecule has 1 heterocycles. The molecule has 0 aromatic heterocycles. The zero-order valence-electron chi connectivity index (χ0n) is 14.8. The van der Waals surface area contributed by atoms with E-state index in [0.29, 0.717) is 5.41 Å². The zero-order chi connectivity index (χ0) is 15.1. The van der Waals surface area contributed by atoms with Gasteiger partial charge in [-0.1, -0.05) is 46.5 Å². The Morgan fingerprint density at radius 3 is 2.19 bits per heavy atom. The number of likely N-dealkylation sites (tertiary alicyclic amines) is 1. The molecule has 2 nitrogen and oxygen atoms in total. The molecule has 0 atom stereocenters. The van der Waals surface area contributed by atoms with Gasteiger partial charge in [0.05, 0.1) is 0 Å². The molecule has 1 saturated heterocycles. The molecule has 1 N–H and O–H groups in total. The van der Waals surface area contributed by atoms with E-state index in [4.69, 9.17) is 0 Å². The molecule has 1 aliphatic heterocycles. The molecule has 2 fully saturated rings. The molecule has 1 saturated carbocycles. The summed E-state index contributed by atoms with van der Waals surface area (Å²) in [5.41, 5.74) is 0.567. The van der Waals surface area contributed by atoms with Crippen LogP contribution in [-0.2, 0) is 0 Å². The van der Waals surface area contributed by atoms with E-state index in [2.05, 4.69) is 31.0 Å². The minimum atomic E-state index is 0.567. The van der Waals surface area contributed by atoms with E-state index in [-0.39, 0.29) is 0 Å². The van der Waals surface area contributed by atoms with Crippen LogP contribution < -0.4 is 5.32 Å². The second-order valence-corrected chi connectivity index (χ2v) is 8.05. The van der Waals surface area contributed by atoms with Crippen LogP contribution in [0.15, 0.2) is 0 Å². The van der Waals surface area contributed by atoms with Crippen molar-refractivity contribution in [3.63, 3.8) is 0 Å². The lowest BCUT2D eigenvalue weighted by molar-refractivity contribution is 0.0858. The zero-order valence-corrected chi connectivity index (χ0v) is 14.8. The largest absolute Gasteiger partial charge is 0.316 e. The van der Waals surface area contributed by atoms with Gasteiger partial charge in [0.1, 0.15) is 0 Å². The third-order valence-corrected chi connectivity index (χ3v) is 6.05. The van der Waals surface area contributed by atoms with E-state index in [9.17, 15) is 0 Å². The highest BCUT2D eigenvalue weighted by Crippen LogP contribution is 2.36. The summed E-state index contributed by atoms with van der Waals surface area (Å²) in [5, 5.41) is 3.68. The summed E-state index contributed by atoms with van der Waals surface area (Å²) in [4.78, 5) is 2.79. The van der Waals surface area contributed by atoms with Gasteiger partial charge in [0.2, 0.25) is 0 Å². The maximum absolute atomic E-state index is 3.68. The summed E-state index contributed by atoms with van der Waals surface area (Å²) in [6.07, 6.45) is 11.6. The van der Waals surface area contributed by atoms with Gasteiger partial charge in [-0.25, -0.2) is 0 Å².